The van der Waals surface area contributed by atoms with Crippen molar-refractivity contribution in [2.75, 3.05) is 0 Å². The summed E-state index contributed by atoms with van der Waals surface area (Å²) in [6.07, 6.45) is 0.908. The van der Waals surface area contributed by atoms with Gasteiger partial charge in [0.05, 0.1) is 23.0 Å². The second-order valence-corrected chi connectivity index (χ2v) is 6.36. The number of benzene rings is 1. The van der Waals surface area contributed by atoms with E-state index in [1.54, 1.807) is 0 Å². The van der Waals surface area contributed by atoms with Gasteiger partial charge in [-0.05, 0) is 30.9 Å². The van der Waals surface area contributed by atoms with Crippen molar-refractivity contribution in [1.82, 2.24) is 4.98 Å². The fourth-order valence-electron chi connectivity index (χ4n) is 1.99. The molecule has 0 aliphatic rings. The molecule has 0 bridgehead atoms. The van der Waals surface area contributed by atoms with Crippen molar-refractivity contribution in [3.63, 3.8) is 0 Å². The van der Waals surface area contributed by atoms with Crippen LogP contribution in [0.25, 0.3) is 10.9 Å². The zero-order chi connectivity index (χ0) is 14.8. The van der Waals surface area contributed by atoms with Crippen LogP contribution in [0.1, 0.15) is 46.7 Å². The molecule has 0 saturated carbocycles. The molecule has 2 rings (SSSR count). The quantitative estimate of drug-likeness (QED) is 0.729. The van der Waals surface area contributed by atoms with Gasteiger partial charge in [-0.25, -0.2) is 4.98 Å². The van der Waals surface area contributed by atoms with Crippen LogP contribution >= 0.6 is 0 Å². The Morgan fingerprint density at radius 3 is 2.50 bits per heavy atom. The van der Waals surface area contributed by atoms with E-state index in [-0.39, 0.29) is 11.5 Å². The standard InChI is InChI=1S/C18H24N2/c1-6-15(19-13(2)18(3,4)5)17-12-11-14-9-7-8-10-16(14)20-17/h7-13H,6H2,1-5H3/t13-/m0/s1. The molecule has 1 heterocycles. The summed E-state index contributed by atoms with van der Waals surface area (Å²) in [5.74, 6) is 0. The first-order chi connectivity index (χ1) is 9.41. The van der Waals surface area contributed by atoms with Gasteiger partial charge in [0, 0.05) is 5.39 Å². The fraction of sp³-hybridized carbons (Fsp3) is 0.444. The lowest BCUT2D eigenvalue weighted by Crippen LogP contribution is -2.23. The normalized spacial score (nSPS) is 14.6. The zero-order valence-electron chi connectivity index (χ0n) is 13.1. The van der Waals surface area contributed by atoms with Gasteiger partial charge >= 0.3 is 0 Å². The Labute approximate surface area is 122 Å². The average molecular weight is 268 g/mol. The summed E-state index contributed by atoms with van der Waals surface area (Å²) in [6, 6.07) is 12.7. The van der Waals surface area contributed by atoms with Gasteiger partial charge in [-0.1, -0.05) is 52.0 Å². The van der Waals surface area contributed by atoms with E-state index in [0.29, 0.717) is 0 Å². The highest BCUT2D eigenvalue weighted by atomic mass is 14.8. The van der Waals surface area contributed by atoms with Crippen molar-refractivity contribution in [3.05, 3.63) is 42.1 Å². The molecule has 0 fully saturated rings. The summed E-state index contributed by atoms with van der Waals surface area (Å²) in [5, 5.41) is 1.18. The molecule has 1 aromatic carbocycles. The third-order valence-corrected chi connectivity index (χ3v) is 3.83. The van der Waals surface area contributed by atoms with Crippen molar-refractivity contribution in [2.45, 2.75) is 47.1 Å². The van der Waals surface area contributed by atoms with E-state index in [2.05, 4.69) is 58.9 Å². The molecule has 1 aromatic heterocycles. The van der Waals surface area contributed by atoms with Gasteiger partial charge in [0.25, 0.3) is 0 Å². The molecule has 20 heavy (non-hydrogen) atoms. The van der Waals surface area contributed by atoms with Crippen LogP contribution in [-0.4, -0.2) is 16.7 Å². The average Bonchev–Trinajstić information content (AvgIpc) is 2.43. The van der Waals surface area contributed by atoms with E-state index < -0.39 is 0 Å². The number of hydrogen-bond donors (Lipinski definition) is 0. The summed E-state index contributed by atoms with van der Waals surface area (Å²) in [7, 11) is 0. The lowest BCUT2D eigenvalue weighted by molar-refractivity contribution is 0.341. The van der Waals surface area contributed by atoms with Crippen molar-refractivity contribution >= 4 is 16.6 Å². The number of rotatable bonds is 3. The zero-order valence-corrected chi connectivity index (χ0v) is 13.1. The fourth-order valence-corrected chi connectivity index (χ4v) is 1.99. The number of aromatic nitrogens is 1. The smallest absolute Gasteiger partial charge is 0.0847 e. The predicted molar refractivity (Wildman–Crippen MR) is 87.5 cm³/mol. The Balaban J connectivity index is 2.41. The highest BCUT2D eigenvalue weighted by Gasteiger charge is 2.20. The molecule has 0 N–H and O–H groups in total. The topological polar surface area (TPSA) is 25.2 Å². The van der Waals surface area contributed by atoms with Gasteiger partial charge in [-0.15, -0.1) is 0 Å². The van der Waals surface area contributed by atoms with Crippen LogP contribution in [-0.2, 0) is 0 Å². The largest absolute Gasteiger partial charge is 0.284 e. The Morgan fingerprint density at radius 2 is 1.85 bits per heavy atom. The van der Waals surface area contributed by atoms with Crippen LogP contribution in [0.5, 0.6) is 0 Å². The monoisotopic (exact) mass is 268 g/mol. The van der Waals surface area contributed by atoms with Gasteiger partial charge in [0.15, 0.2) is 0 Å². The van der Waals surface area contributed by atoms with E-state index in [1.165, 1.54) is 5.39 Å². The van der Waals surface area contributed by atoms with Crippen LogP contribution in [0.3, 0.4) is 0 Å². The number of hydrogen-bond acceptors (Lipinski definition) is 2. The predicted octanol–water partition coefficient (Wildman–Crippen LogP) is 4.87. The molecule has 0 aliphatic heterocycles. The molecule has 0 unspecified atom stereocenters. The minimum absolute atomic E-state index is 0.178. The minimum Gasteiger partial charge on any atom is -0.284 e. The van der Waals surface area contributed by atoms with E-state index in [4.69, 9.17) is 9.98 Å². The van der Waals surface area contributed by atoms with E-state index in [9.17, 15) is 0 Å². The Morgan fingerprint density at radius 1 is 1.15 bits per heavy atom. The summed E-state index contributed by atoms with van der Waals surface area (Å²) in [4.78, 5) is 9.65. The Hall–Kier alpha value is -1.70. The Bertz CT molecular complexity index is 621. The van der Waals surface area contributed by atoms with Gasteiger partial charge < -0.3 is 0 Å². The molecule has 2 aromatic rings. The molecule has 0 spiro atoms. The van der Waals surface area contributed by atoms with Crippen LogP contribution in [0.2, 0.25) is 0 Å². The second-order valence-electron chi connectivity index (χ2n) is 6.36. The molecule has 0 aliphatic carbocycles. The SMILES string of the molecule is CCC(=N[C@@H](C)C(C)(C)C)c1ccc2ccccc2n1. The lowest BCUT2D eigenvalue weighted by atomic mass is 9.88. The van der Waals surface area contributed by atoms with Crippen molar-refractivity contribution in [1.29, 1.82) is 0 Å². The van der Waals surface area contributed by atoms with Gasteiger partial charge in [0.2, 0.25) is 0 Å². The molecule has 1 atom stereocenters. The number of nitrogens with zero attached hydrogens (tertiary/aromatic N) is 2. The van der Waals surface area contributed by atoms with Crippen molar-refractivity contribution < 1.29 is 0 Å². The molecule has 2 heteroatoms. The Kier molecular flexibility index (Phi) is 4.22. The van der Waals surface area contributed by atoms with Crippen molar-refractivity contribution in [3.8, 4) is 0 Å². The summed E-state index contributed by atoms with van der Waals surface area (Å²) < 4.78 is 0. The number of para-hydroxylation sites is 1. The first-order valence-corrected chi connectivity index (χ1v) is 7.34. The maximum absolute atomic E-state index is 4.90. The number of aliphatic imine (C=N–C) groups is 1. The van der Waals surface area contributed by atoms with E-state index >= 15 is 0 Å². The molecule has 2 nitrogen and oxygen atoms in total. The third kappa shape index (κ3) is 3.24. The van der Waals surface area contributed by atoms with Gasteiger partial charge in [-0.2, -0.15) is 0 Å². The van der Waals surface area contributed by atoms with Crippen LogP contribution in [0.4, 0.5) is 0 Å². The summed E-state index contributed by atoms with van der Waals surface area (Å²) >= 11 is 0. The van der Waals surface area contributed by atoms with Gasteiger partial charge in [-0.3, -0.25) is 4.99 Å². The van der Waals surface area contributed by atoms with Crippen LogP contribution in [0.15, 0.2) is 41.4 Å². The first kappa shape index (κ1) is 14.7. The van der Waals surface area contributed by atoms with E-state index in [1.807, 2.05) is 12.1 Å². The first-order valence-electron chi connectivity index (χ1n) is 7.34. The molecular formula is C18H24N2. The molecular weight excluding hydrogens is 244 g/mol. The van der Waals surface area contributed by atoms with Crippen molar-refractivity contribution in [2.24, 2.45) is 10.4 Å². The number of pyridine rings is 1. The highest BCUT2D eigenvalue weighted by Crippen LogP contribution is 2.23. The molecule has 106 valence electrons. The molecule has 0 radical (unpaired) electrons. The maximum atomic E-state index is 4.90. The summed E-state index contributed by atoms with van der Waals surface area (Å²) in [6.45, 7) is 11.0. The second kappa shape index (κ2) is 5.74. The molecule has 0 amide bonds. The lowest BCUT2D eigenvalue weighted by Gasteiger charge is -2.24. The summed E-state index contributed by atoms with van der Waals surface area (Å²) in [5.41, 5.74) is 3.31. The highest BCUT2D eigenvalue weighted by molar-refractivity contribution is 6.00. The van der Waals surface area contributed by atoms with Crippen LogP contribution < -0.4 is 0 Å². The van der Waals surface area contributed by atoms with E-state index in [0.717, 1.165) is 23.3 Å². The van der Waals surface area contributed by atoms with Crippen LogP contribution in [0, 0.1) is 5.41 Å². The maximum Gasteiger partial charge on any atom is 0.0847 e. The minimum atomic E-state index is 0.178. The third-order valence-electron chi connectivity index (χ3n) is 3.83. The molecule has 0 saturated heterocycles. The van der Waals surface area contributed by atoms with Gasteiger partial charge in [0.1, 0.15) is 0 Å². The number of fused-ring (bicyclic) bond motifs is 1.